The number of nitrogens with two attached hydrogens (primary N) is 1. The van der Waals surface area contributed by atoms with Gasteiger partial charge in [-0.3, -0.25) is 4.98 Å². The van der Waals surface area contributed by atoms with Crippen molar-refractivity contribution in [2.24, 2.45) is 5.73 Å². The fraction of sp³-hybridized carbons (Fsp3) is 0.438. The summed E-state index contributed by atoms with van der Waals surface area (Å²) in [7, 11) is 0. The van der Waals surface area contributed by atoms with Crippen molar-refractivity contribution in [3.8, 4) is 0 Å². The van der Waals surface area contributed by atoms with Crippen LogP contribution in [0.2, 0.25) is 0 Å². The van der Waals surface area contributed by atoms with Gasteiger partial charge in [-0.15, -0.1) is 0 Å². The molecule has 3 rings (SSSR count). The first-order valence-corrected chi connectivity index (χ1v) is 6.95. The second kappa shape index (κ2) is 5.07. The maximum absolute atomic E-state index is 5.70. The second-order valence-corrected chi connectivity index (χ2v) is 5.33. The van der Waals surface area contributed by atoms with Gasteiger partial charge in [-0.25, -0.2) is 0 Å². The summed E-state index contributed by atoms with van der Waals surface area (Å²) in [6.45, 7) is 0.601. The molecule has 2 nitrogen and oxygen atoms in total. The lowest BCUT2D eigenvalue weighted by molar-refractivity contribution is 0.443. The molecule has 1 aromatic heterocycles. The van der Waals surface area contributed by atoms with Gasteiger partial charge in [0.2, 0.25) is 0 Å². The Hall–Kier alpha value is -1.41. The van der Waals surface area contributed by atoms with Crippen LogP contribution in [0, 0.1) is 0 Å². The Morgan fingerprint density at radius 2 is 1.94 bits per heavy atom. The first-order valence-electron chi connectivity index (χ1n) is 6.95. The quantitative estimate of drug-likeness (QED) is 0.868. The molecule has 2 aromatic rings. The van der Waals surface area contributed by atoms with Gasteiger partial charge < -0.3 is 5.73 Å². The number of nitrogens with zero attached hydrogens (tertiary/aromatic N) is 1. The highest BCUT2D eigenvalue weighted by Crippen LogP contribution is 2.33. The van der Waals surface area contributed by atoms with Gasteiger partial charge in [0.05, 0.1) is 5.52 Å². The topological polar surface area (TPSA) is 38.9 Å². The molecule has 0 radical (unpaired) electrons. The van der Waals surface area contributed by atoms with Gasteiger partial charge in [0.1, 0.15) is 0 Å². The van der Waals surface area contributed by atoms with Gasteiger partial charge in [-0.2, -0.15) is 0 Å². The zero-order chi connectivity index (χ0) is 12.4. The molecule has 0 saturated heterocycles. The molecule has 0 bridgehead atoms. The first-order chi connectivity index (χ1) is 8.86. The summed E-state index contributed by atoms with van der Waals surface area (Å²) in [6, 6.07) is 8.63. The molecule has 2 heteroatoms. The molecule has 0 amide bonds. The highest BCUT2D eigenvalue weighted by molar-refractivity contribution is 5.79. The molecule has 1 aliphatic rings. The van der Waals surface area contributed by atoms with Crippen LogP contribution in [0.1, 0.15) is 49.1 Å². The smallest absolute Gasteiger partial charge is 0.0702 e. The molecular weight excluding hydrogens is 220 g/mol. The summed E-state index contributed by atoms with van der Waals surface area (Å²) in [5.41, 5.74) is 9.38. The molecule has 0 unspecified atom stereocenters. The average Bonchev–Trinajstić information content (AvgIpc) is 2.47. The van der Waals surface area contributed by atoms with Crippen molar-refractivity contribution in [3.63, 3.8) is 0 Å². The summed E-state index contributed by atoms with van der Waals surface area (Å²) < 4.78 is 0. The van der Waals surface area contributed by atoms with Crippen molar-refractivity contribution in [1.82, 2.24) is 4.98 Å². The SMILES string of the molecule is NCc1ccc2ncc(C3CCCCC3)cc2c1. The molecule has 0 atom stereocenters. The van der Waals surface area contributed by atoms with E-state index in [0.717, 1.165) is 11.4 Å². The standard InChI is InChI=1S/C16H20N2/c17-10-12-6-7-16-14(8-12)9-15(11-18-16)13-4-2-1-3-5-13/h6-9,11,13H,1-5,10,17H2. The third-order valence-electron chi connectivity index (χ3n) is 4.08. The molecule has 94 valence electrons. The zero-order valence-electron chi connectivity index (χ0n) is 10.7. The predicted octanol–water partition coefficient (Wildman–Crippen LogP) is 3.74. The number of hydrogen-bond donors (Lipinski definition) is 1. The third-order valence-corrected chi connectivity index (χ3v) is 4.08. The maximum Gasteiger partial charge on any atom is 0.0702 e. The van der Waals surface area contributed by atoms with E-state index in [4.69, 9.17) is 5.73 Å². The van der Waals surface area contributed by atoms with Crippen molar-refractivity contribution in [3.05, 3.63) is 41.6 Å². The molecule has 0 aliphatic heterocycles. The predicted molar refractivity (Wildman–Crippen MR) is 75.5 cm³/mol. The van der Waals surface area contributed by atoms with E-state index in [9.17, 15) is 0 Å². The van der Waals surface area contributed by atoms with Crippen molar-refractivity contribution < 1.29 is 0 Å². The molecule has 0 spiro atoms. The van der Waals surface area contributed by atoms with Gasteiger partial charge in [0.25, 0.3) is 0 Å². The summed E-state index contributed by atoms with van der Waals surface area (Å²) >= 11 is 0. The first kappa shape index (κ1) is 11.7. The second-order valence-electron chi connectivity index (χ2n) is 5.33. The molecule has 2 N–H and O–H groups in total. The van der Waals surface area contributed by atoms with Gasteiger partial charge in [-0.1, -0.05) is 25.3 Å². The van der Waals surface area contributed by atoms with Crippen LogP contribution < -0.4 is 5.73 Å². The highest BCUT2D eigenvalue weighted by Gasteiger charge is 2.16. The number of rotatable bonds is 2. The molecule has 1 fully saturated rings. The van der Waals surface area contributed by atoms with E-state index in [0.29, 0.717) is 6.54 Å². The van der Waals surface area contributed by atoms with Crippen molar-refractivity contribution in [1.29, 1.82) is 0 Å². The van der Waals surface area contributed by atoms with E-state index in [-0.39, 0.29) is 0 Å². The lowest BCUT2D eigenvalue weighted by Crippen LogP contribution is -2.05. The van der Waals surface area contributed by atoms with Crippen LogP contribution in [0.15, 0.2) is 30.5 Å². The van der Waals surface area contributed by atoms with Gasteiger partial charge in [0, 0.05) is 18.1 Å². The Kier molecular flexibility index (Phi) is 3.28. The van der Waals surface area contributed by atoms with Crippen LogP contribution in [-0.4, -0.2) is 4.98 Å². The van der Waals surface area contributed by atoms with E-state index >= 15 is 0 Å². The summed E-state index contributed by atoms with van der Waals surface area (Å²) in [6.07, 6.45) is 8.85. The fourth-order valence-corrected chi connectivity index (χ4v) is 2.98. The molecular formula is C16H20N2. The molecule has 1 aliphatic carbocycles. The molecule has 1 heterocycles. The minimum absolute atomic E-state index is 0.601. The van der Waals surface area contributed by atoms with Gasteiger partial charge in [0.15, 0.2) is 0 Å². The average molecular weight is 240 g/mol. The number of pyridine rings is 1. The number of fused-ring (bicyclic) bond motifs is 1. The van der Waals surface area contributed by atoms with Crippen molar-refractivity contribution in [2.75, 3.05) is 0 Å². The Morgan fingerprint density at radius 1 is 1.11 bits per heavy atom. The van der Waals surface area contributed by atoms with Crippen LogP contribution in [0.5, 0.6) is 0 Å². The van der Waals surface area contributed by atoms with E-state index < -0.39 is 0 Å². The highest BCUT2D eigenvalue weighted by atomic mass is 14.7. The van der Waals surface area contributed by atoms with Crippen LogP contribution in [0.25, 0.3) is 10.9 Å². The third kappa shape index (κ3) is 2.25. The van der Waals surface area contributed by atoms with E-state index in [2.05, 4.69) is 35.4 Å². The van der Waals surface area contributed by atoms with Crippen LogP contribution in [0.4, 0.5) is 0 Å². The van der Waals surface area contributed by atoms with Crippen LogP contribution >= 0.6 is 0 Å². The molecule has 18 heavy (non-hydrogen) atoms. The summed E-state index contributed by atoms with van der Waals surface area (Å²) in [4.78, 5) is 4.59. The van der Waals surface area contributed by atoms with Crippen LogP contribution in [0.3, 0.4) is 0 Å². The van der Waals surface area contributed by atoms with Gasteiger partial charge >= 0.3 is 0 Å². The minimum atomic E-state index is 0.601. The molecule has 1 saturated carbocycles. The van der Waals surface area contributed by atoms with Crippen molar-refractivity contribution >= 4 is 10.9 Å². The summed E-state index contributed by atoms with van der Waals surface area (Å²) in [5, 5.41) is 1.24. The maximum atomic E-state index is 5.70. The largest absolute Gasteiger partial charge is 0.326 e. The number of hydrogen-bond acceptors (Lipinski definition) is 2. The lowest BCUT2D eigenvalue weighted by Gasteiger charge is -2.21. The minimum Gasteiger partial charge on any atom is -0.326 e. The normalized spacial score (nSPS) is 17.2. The lowest BCUT2D eigenvalue weighted by atomic mass is 9.84. The van der Waals surface area contributed by atoms with E-state index in [1.807, 2.05) is 0 Å². The van der Waals surface area contributed by atoms with Crippen LogP contribution in [-0.2, 0) is 6.54 Å². The molecule has 1 aromatic carbocycles. The Labute approximate surface area is 108 Å². The Morgan fingerprint density at radius 3 is 2.72 bits per heavy atom. The number of aromatic nitrogens is 1. The zero-order valence-corrected chi connectivity index (χ0v) is 10.7. The van der Waals surface area contributed by atoms with Gasteiger partial charge in [-0.05, 0) is 48.1 Å². The Balaban J connectivity index is 1.97. The monoisotopic (exact) mass is 240 g/mol. The number of benzene rings is 1. The van der Waals surface area contributed by atoms with E-state index in [1.54, 1.807) is 0 Å². The fourth-order valence-electron chi connectivity index (χ4n) is 2.98. The van der Waals surface area contributed by atoms with E-state index in [1.165, 1.54) is 48.6 Å². The summed E-state index contributed by atoms with van der Waals surface area (Å²) in [5.74, 6) is 0.720. The van der Waals surface area contributed by atoms with Crippen molar-refractivity contribution in [2.45, 2.75) is 44.6 Å². The Bertz CT molecular complexity index is 542.